The van der Waals surface area contributed by atoms with E-state index >= 15 is 0 Å². The molecule has 0 radical (unpaired) electrons. The fraction of sp³-hybridized carbons (Fsp3) is 0.333. The molecule has 0 aromatic carbocycles. The number of hydrogen-bond acceptors (Lipinski definition) is 4. The fourth-order valence-corrected chi connectivity index (χ4v) is 2.15. The molecule has 0 aliphatic rings. The van der Waals surface area contributed by atoms with Crippen LogP contribution in [0, 0.1) is 0 Å². The summed E-state index contributed by atoms with van der Waals surface area (Å²) in [7, 11) is 0. The van der Waals surface area contributed by atoms with Crippen molar-refractivity contribution in [1.82, 2.24) is 14.8 Å². The summed E-state index contributed by atoms with van der Waals surface area (Å²) in [6, 6.07) is 0.338. The summed E-state index contributed by atoms with van der Waals surface area (Å²) in [5.74, 6) is 0.713. The lowest BCUT2D eigenvalue weighted by atomic mass is 10.4. The van der Waals surface area contributed by atoms with Crippen LogP contribution in [0.15, 0.2) is 22.4 Å². The second kappa shape index (κ2) is 4.32. The Morgan fingerprint density at radius 1 is 1.53 bits per heavy atom. The van der Waals surface area contributed by atoms with Crippen LogP contribution in [-0.4, -0.2) is 14.8 Å². The molecule has 0 aliphatic carbocycles. The first-order valence-corrected chi connectivity index (χ1v) is 6.15. The molecule has 0 aliphatic heterocycles. The third-order valence-electron chi connectivity index (χ3n) is 1.77. The SMILES string of the molecule is CC(C)n1cc(Oc2nc(Br)cs2)cn1. The standard InChI is InChI=1S/C9H10BrN3OS/c1-6(2)13-4-7(3-11-13)14-9-12-8(10)5-15-9/h3-6H,1-2H3. The first-order valence-electron chi connectivity index (χ1n) is 4.48. The molecule has 80 valence electrons. The van der Waals surface area contributed by atoms with Gasteiger partial charge < -0.3 is 4.74 Å². The highest BCUT2D eigenvalue weighted by molar-refractivity contribution is 9.10. The maximum atomic E-state index is 5.52. The van der Waals surface area contributed by atoms with Gasteiger partial charge in [0.1, 0.15) is 4.60 Å². The summed E-state index contributed by atoms with van der Waals surface area (Å²) in [6.07, 6.45) is 3.55. The normalized spacial score (nSPS) is 10.9. The van der Waals surface area contributed by atoms with Crippen molar-refractivity contribution in [3.8, 4) is 10.9 Å². The molecule has 15 heavy (non-hydrogen) atoms. The average Bonchev–Trinajstić information content (AvgIpc) is 2.76. The lowest BCUT2D eigenvalue weighted by molar-refractivity contribution is 0.473. The van der Waals surface area contributed by atoms with E-state index in [-0.39, 0.29) is 0 Å². The molecular formula is C9H10BrN3OS. The molecule has 0 amide bonds. The first-order chi connectivity index (χ1) is 7.15. The minimum atomic E-state index is 0.338. The lowest BCUT2D eigenvalue weighted by Gasteiger charge is -2.02. The molecule has 4 nitrogen and oxygen atoms in total. The zero-order chi connectivity index (χ0) is 10.8. The smallest absolute Gasteiger partial charge is 0.279 e. The minimum absolute atomic E-state index is 0.338. The van der Waals surface area contributed by atoms with Crippen LogP contribution in [0.4, 0.5) is 0 Å². The van der Waals surface area contributed by atoms with Crippen molar-refractivity contribution in [3.05, 3.63) is 22.4 Å². The van der Waals surface area contributed by atoms with E-state index in [9.17, 15) is 0 Å². The van der Waals surface area contributed by atoms with Crippen molar-refractivity contribution in [2.45, 2.75) is 19.9 Å². The zero-order valence-corrected chi connectivity index (χ0v) is 10.7. The molecule has 2 aromatic rings. The molecule has 0 unspecified atom stereocenters. The van der Waals surface area contributed by atoms with E-state index in [0.29, 0.717) is 17.0 Å². The van der Waals surface area contributed by atoms with Gasteiger partial charge in [0.05, 0.1) is 12.4 Å². The number of ether oxygens (including phenoxy) is 1. The van der Waals surface area contributed by atoms with Crippen LogP contribution in [0.2, 0.25) is 0 Å². The van der Waals surface area contributed by atoms with Gasteiger partial charge in [-0.1, -0.05) is 11.3 Å². The molecule has 0 N–H and O–H groups in total. The summed E-state index contributed by atoms with van der Waals surface area (Å²) in [5, 5.41) is 6.67. The lowest BCUT2D eigenvalue weighted by Crippen LogP contribution is -1.99. The predicted molar refractivity (Wildman–Crippen MR) is 62.5 cm³/mol. The molecule has 0 bridgehead atoms. The predicted octanol–water partition coefficient (Wildman–Crippen LogP) is 3.48. The summed E-state index contributed by atoms with van der Waals surface area (Å²) in [4.78, 5) is 4.14. The molecule has 0 fully saturated rings. The minimum Gasteiger partial charge on any atom is -0.428 e. The van der Waals surface area contributed by atoms with Crippen molar-refractivity contribution < 1.29 is 4.74 Å². The van der Waals surface area contributed by atoms with E-state index < -0.39 is 0 Å². The molecule has 2 heterocycles. The van der Waals surface area contributed by atoms with Gasteiger partial charge in [-0.25, -0.2) is 0 Å². The Labute approximate surface area is 100 Å². The Hall–Kier alpha value is -0.880. The molecule has 0 spiro atoms. The Bertz CT molecular complexity index is 452. The molecule has 0 saturated heterocycles. The number of nitrogens with zero attached hydrogens (tertiary/aromatic N) is 3. The molecule has 2 rings (SSSR count). The van der Waals surface area contributed by atoms with E-state index in [2.05, 4.69) is 39.9 Å². The summed E-state index contributed by atoms with van der Waals surface area (Å²) in [5.41, 5.74) is 0. The molecule has 2 aromatic heterocycles. The zero-order valence-electron chi connectivity index (χ0n) is 8.35. The van der Waals surface area contributed by atoms with Gasteiger partial charge in [0.25, 0.3) is 5.19 Å². The van der Waals surface area contributed by atoms with Gasteiger partial charge in [0.2, 0.25) is 0 Å². The largest absolute Gasteiger partial charge is 0.428 e. The van der Waals surface area contributed by atoms with Crippen LogP contribution in [0.1, 0.15) is 19.9 Å². The second-order valence-corrected chi connectivity index (χ2v) is 4.92. The third-order valence-corrected chi connectivity index (χ3v) is 3.19. The number of rotatable bonds is 3. The van der Waals surface area contributed by atoms with E-state index in [0.717, 1.165) is 4.60 Å². The first kappa shape index (κ1) is 10.6. The van der Waals surface area contributed by atoms with Gasteiger partial charge >= 0.3 is 0 Å². The average molecular weight is 288 g/mol. The highest BCUT2D eigenvalue weighted by atomic mass is 79.9. The van der Waals surface area contributed by atoms with Gasteiger partial charge in [0.15, 0.2) is 5.75 Å². The number of aromatic nitrogens is 3. The van der Waals surface area contributed by atoms with Gasteiger partial charge in [-0.05, 0) is 29.8 Å². The molecule has 0 atom stereocenters. The Morgan fingerprint density at radius 3 is 2.87 bits per heavy atom. The van der Waals surface area contributed by atoms with Crippen molar-refractivity contribution in [2.75, 3.05) is 0 Å². The quantitative estimate of drug-likeness (QED) is 0.868. The van der Waals surface area contributed by atoms with Crippen molar-refractivity contribution >= 4 is 27.3 Å². The van der Waals surface area contributed by atoms with Gasteiger partial charge in [-0.15, -0.1) is 0 Å². The highest BCUT2D eigenvalue weighted by Gasteiger charge is 2.06. The Kier molecular flexibility index (Phi) is 3.06. The maximum absolute atomic E-state index is 5.52. The van der Waals surface area contributed by atoms with Crippen LogP contribution >= 0.6 is 27.3 Å². The summed E-state index contributed by atoms with van der Waals surface area (Å²) < 4.78 is 8.16. The number of hydrogen-bond donors (Lipinski definition) is 0. The van der Waals surface area contributed by atoms with Crippen molar-refractivity contribution in [1.29, 1.82) is 0 Å². The van der Waals surface area contributed by atoms with E-state index in [1.165, 1.54) is 11.3 Å². The van der Waals surface area contributed by atoms with Crippen LogP contribution in [0.25, 0.3) is 0 Å². The van der Waals surface area contributed by atoms with Crippen molar-refractivity contribution in [3.63, 3.8) is 0 Å². The van der Waals surface area contributed by atoms with Gasteiger partial charge in [-0.2, -0.15) is 10.1 Å². The van der Waals surface area contributed by atoms with Gasteiger partial charge in [0, 0.05) is 11.4 Å². The molecular weight excluding hydrogens is 278 g/mol. The van der Waals surface area contributed by atoms with E-state index in [1.54, 1.807) is 6.20 Å². The number of thiazole rings is 1. The fourth-order valence-electron chi connectivity index (χ4n) is 1.04. The molecule has 0 saturated carbocycles. The highest BCUT2D eigenvalue weighted by Crippen LogP contribution is 2.27. The van der Waals surface area contributed by atoms with Gasteiger partial charge in [-0.3, -0.25) is 4.68 Å². The topological polar surface area (TPSA) is 39.9 Å². The summed E-state index contributed by atoms with van der Waals surface area (Å²) >= 11 is 4.72. The van der Waals surface area contributed by atoms with Crippen LogP contribution in [0.5, 0.6) is 10.9 Å². The van der Waals surface area contributed by atoms with Crippen LogP contribution in [-0.2, 0) is 0 Å². The molecule has 6 heteroatoms. The monoisotopic (exact) mass is 287 g/mol. The second-order valence-electron chi connectivity index (χ2n) is 3.29. The van der Waals surface area contributed by atoms with E-state index in [4.69, 9.17) is 4.74 Å². The maximum Gasteiger partial charge on any atom is 0.279 e. The summed E-state index contributed by atoms with van der Waals surface area (Å²) in [6.45, 7) is 4.13. The van der Waals surface area contributed by atoms with Crippen molar-refractivity contribution in [2.24, 2.45) is 0 Å². The van der Waals surface area contributed by atoms with E-state index in [1.807, 2.05) is 16.3 Å². The van der Waals surface area contributed by atoms with Crippen LogP contribution < -0.4 is 4.74 Å². The Morgan fingerprint density at radius 2 is 2.33 bits per heavy atom. The number of halogens is 1. The third kappa shape index (κ3) is 2.57. The Balaban J connectivity index is 2.11. The van der Waals surface area contributed by atoms with Crippen LogP contribution in [0.3, 0.4) is 0 Å².